The molecule has 0 aliphatic rings. The van der Waals surface area contributed by atoms with Gasteiger partial charge in [-0.05, 0) is 32.9 Å². The summed E-state index contributed by atoms with van der Waals surface area (Å²) in [7, 11) is 5.79. The van der Waals surface area contributed by atoms with E-state index in [0.717, 1.165) is 25.8 Å². The Labute approximate surface area is 140 Å². The van der Waals surface area contributed by atoms with Crippen molar-refractivity contribution in [1.82, 2.24) is 5.32 Å². The second-order valence-electron chi connectivity index (χ2n) is 6.51. The summed E-state index contributed by atoms with van der Waals surface area (Å²) in [4.78, 5) is -0.125. The Morgan fingerprint density at radius 1 is 1.19 bits per heavy atom. The highest BCUT2D eigenvalue weighted by atomic mass is 33.1. The third kappa shape index (κ3) is 11.4. The van der Waals surface area contributed by atoms with Crippen LogP contribution in [-0.2, 0) is 4.74 Å². The highest BCUT2D eigenvalue weighted by Crippen LogP contribution is 2.47. The topological polar surface area (TPSA) is 21.3 Å². The van der Waals surface area contributed by atoms with E-state index in [2.05, 4.69) is 58.7 Å². The van der Waals surface area contributed by atoms with Gasteiger partial charge < -0.3 is 10.1 Å². The molecule has 1 N–H and O–H groups in total. The molecule has 21 heavy (non-hydrogen) atoms. The molecule has 2 nitrogen and oxygen atoms in total. The van der Waals surface area contributed by atoms with Gasteiger partial charge in [-0.1, -0.05) is 75.0 Å². The average molecular weight is 332 g/mol. The van der Waals surface area contributed by atoms with E-state index in [9.17, 15) is 0 Å². The van der Waals surface area contributed by atoms with Gasteiger partial charge in [0.1, 0.15) is 11.5 Å². The van der Waals surface area contributed by atoms with Gasteiger partial charge in [0.05, 0.1) is 0 Å². The van der Waals surface area contributed by atoms with Gasteiger partial charge in [-0.3, -0.25) is 0 Å². The Morgan fingerprint density at radius 3 is 2.33 bits per heavy atom. The standard InChI is InChI=1S/C17H33NOS2/c1-8-17(12-10-13-18-7,21-20-16(4,5)6)19-14-9-11-15(2)3/h15,18H,8,10,12-14H2,1-7H3. The van der Waals surface area contributed by atoms with Crippen LogP contribution in [0.1, 0.15) is 60.8 Å². The first kappa shape index (κ1) is 21.2. The van der Waals surface area contributed by atoms with Crippen LogP contribution < -0.4 is 5.32 Å². The van der Waals surface area contributed by atoms with Gasteiger partial charge >= 0.3 is 0 Å². The number of ether oxygens (including phenoxy) is 1. The highest BCUT2D eigenvalue weighted by molar-refractivity contribution is 8.77. The van der Waals surface area contributed by atoms with Crippen LogP contribution in [0, 0.1) is 17.8 Å². The van der Waals surface area contributed by atoms with Gasteiger partial charge in [0.15, 0.2) is 0 Å². The van der Waals surface area contributed by atoms with Crippen LogP contribution in [0.15, 0.2) is 0 Å². The molecule has 0 fully saturated rings. The molecule has 0 heterocycles. The summed E-state index contributed by atoms with van der Waals surface area (Å²) in [5.41, 5.74) is 0. The molecule has 0 radical (unpaired) electrons. The fraction of sp³-hybridized carbons (Fsp3) is 0.882. The van der Waals surface area contributed by atoms with Crippen molar-refractivity contribution in [3.05, 3.63) is 0 Å². The molecule has 4 heteroatoms. The first-order chi connectivity index (χ1) is 9.74. The first-order valence-corrected chi connectivity index (χ1v) is 10.0. The second kappa shape index (κ2) is 10.8. The normalized spacial score (nSPS) is 14.7. The zero-order valence-corrected chi connectivity index (χ0v) is 16.5. The van der Waals surface area contributed by atoms with Crippen LogP contribution >= 0.6 is 21.6 Å². The molecule has 0 spiro atoms. The van der Waals surface area contributed by atoms with Crippen molar-refractivity contribution in [2.24, 2.45) is 5.92 Å². The summed E-state index contributed by atoms with van der Waals surface area (Å²) in [6, 6.07) is 0. The number of hydrogen-bond acceptors (Lipinski definition) is 4. The van der Waals surface area contributed by atoms with Crippen LogP contribution in [0.3, 0.4) is 0 Å². The molecule has 0 saturated carbocycles. The van der Waals surface area contributed by atoms with Gasteiger partial charge in [0, 0.05) is 10.7 Å². The summed E-state index contributed by atoms with van der Waals surface area (Å²) in [6.45, 7) is 14.7. The molecule has 1 unspecified atom stereocenters. The van der Waals surface area contributed by atoms with Gasteiger partial charge in [0.2, 0.25) is 0 Å². The van der Waals surface area contributed by atoms with Crippen molar-refractivity contribution in [3.8, 4) is 11.8 Å². The molecule has 0 aromatic rings. The maximum absolute atomic E-state index is 6.21. The molecule has 0 rings (SSSR count). The van der Waals surface area contributed by atoms with Crippen LogP contribution in [0.2, 0.25) is 0 Å². The number of rotatable bonds is 9. The van der Waals surface area contributed by atoms with Crippen molar-refractivity contribution in [2.45, 2.75) is 70.5 Å². The first-order valence-electron chi connectivity index (χ1n) is 7.88. The van der Waals surface area contributed by atoms with E-state index < -0.39 is 0 Å². The van der Waals surface area contributed by atoms with Crippen LogP contribution in [0.4, 0.5) is 0 Å². The molecule has 0 aromatic carbocycles. The van der Waals surface area contributed by atoms with Crippen molar-refractivity contribution in [3.63, 3.8) is 0 Å². The molecular formula is C17H33NOS2. The predicted molar refractivity (Wildman–Crippen MR) is 99.7 cm³/mol. The maximum atomic E-state index is 6.21. The van der Waals surface area contributed by atoms with Gasteiger partial charge in [-0.25, -0.2) is 0 Å². The molecule has 0 aliphatic heterocycles. The molecule has 1 atom stereocenters. The Hall–Kier alpha value is 0.180. The fourth-order valence-electron chi connectivity index (χ4n) is 1.62. The minimum atomic E-state index is -0.125. The summed E-state index contributed by atoms with van der Waals surface area (Å²) in [5.74, 6) is 6.74. The number of hydrogen-bond donors (Lipinski definition) is 1. The SMILES string of the molecule is CCC(CCCNC)(OCC#CC(C)C)SSC(C)(C)C. The zero-order valence-electron chi connectivity index (χ0n) is 14.8. The Bertz CT molecular complexity index is 328. The molecule has 124 valence electrons. The van der Waals surface area contributed by atoms with E-state index in [1.807, 2.05) is 28.6 Å². The highest BCUT2D eigenvalue weighted by Gasteiger charge is 2.31. The molecule has 0 aliphatic carbocycles. The third-order valence-corrected chi connectivity index (χ3v) is 6.92. The monoisotopic (exact) mass is 331 g/mol. The van der Waals surface area contributed by atoms with E-state index in [1.54, 1.807) is 0 Å². The fourth-order valence-corrected chi connectivity index (χ4v) is 4.43. The van der Waals surface area contributed by atoms with Crippen LogP contribution in [-0.4, -0.2) is 29.9 Å². The van der Waals surface area contributed by atoms with E-state index in [0.29, 0.717) is 12.5 Å². The Kier molecular flexibility index (Phi) is 10.9. The van der Waals surface area contributed by atoms with E-state index in [1.165, 1.54) is 0 Å². The molecule has 0 saturated heterocycles. The smallest absolute Gasteiger partial charge is 0.124 e. The van der Waals surface area contributed by atoms with Crippen LogP contribution in [0.5, 0.6) is 0 Å². The second-order valence-corrected chi connectivity index (χ2v) is 9.82. The van der Waals surface area contributed by atoms with E-state index in [4.69, 9.17) is 4.74 Å². The van der Waals surface area contributed by atoms with Crippen molar-refractivity contribution in [1.29, 1.82) is 0 Å². The Morgan fingerprint density at radius 2 is 1.86 bits per heavy atom. The van der Waals surface area contributed by atoms with Crippen molar-refractivity contribution >= 4 is 21.6 Å². The minimum absolute atomic E-state index is 0.125. The lowest BCUT2D eigenvalue weighted by atomic mass is 10.1. The molecule has 0 bridgehead atoms. The summed E-state index contributed by atoms with van der Waals surface area (Å²) in [6.07, 6.45) is 3.19. The quantitative estimate of drug-likeness (QED) is 0.279. The largest absolute Gasteiger partial charge is 0.351 e. The van der Waals surface area contributed by atoms with Gasteiger partial charge in [0.25, 0.3) is 0 Å². The molecule has 0 aromatic heterocycles. The maximum Gasteiger partial charge on any atom is 0.124 e. The molecule has 0 amide bonds. The minimum Gasteiger partial charge on any atom is -0.351 e. The summed E-state index contributed by atoms with van der Waals surface area (Å²) >= 11 is 0. The lowest BCUT2D eigenvalue weighted by molar-refractivity contribution is 0.0384. The lowest BCUT2D eigenvalue weighted by Crippen LogP contribution is -2.29. The molecular weight excluding hydrogens is 298 g/mol. The summed E-state index contributed by atoms with van der Waals surface area (Å²) < 4.78 is 6.45. The van der Waals surface area contributed by atoms with E-state index >= 15 is 0 Å². The zero-order chi connectivity index (χ0) is 16.4. The predicted octanol–water partition coefficient (Wildman–Crippen LogP) is 4.95. The summed E-state index contributed by atoms with van der Waals surface area (Å²) in [5, 5.41) is 3.22. The number of nitrogens with one attached hydrogen (secondary N) is 1. The van der Waals surface area contributed by atoms with Crippen LogP contribution in [0.25, 0.3) is 0 Å². The lowest BCUT2D eigenvalue weighted by Gasteiger charge is -2.33. The van der Waals surface area contributed by atoms with Gasteiger partial charge in [-0.15, -0.1) is 0 Å². The van der Waals surface area contributed by atoms with E-state index in [-0.39, 0.29) is 9.68 Å². The van der Waals surface area contributed by atoms with Crippen molar-refractivity contribution < 1.29 is 4.74 Å². The average Bonchev–Trinajstić information content (AvgIpc) is 2.39. The van der Waals surface area contributed by atoms with Gasteiger partial charge in [-0.2, -0.15) is 0 Å². The third-order valence-electron chi connectivity index (χ3n) is 2.76. The van der Waals surface area contributed by atoms with Crippen molar-refractivity contribution in [2.75, 3.05) is 20.2 Å². The Balaban J connectivity index is 4.65.